The van der Waals surface area contributed by atoms with E-state index in [0.29, 0.717) is 0 Å². The molecule has 2 heteroatoms. The highest BCUT2D eigenvalue weighted by atomic mass is 14.9. The molecule has 1 aromatic heterocycles. The monoisotopic (exact) mass is 190 g/mol. The predicted molar refractivity (Wildman–Crippen MR) is 58.4 cm³/mol. The molecule has 0 bridgehead atoms. The van der Waals surface area contributed by atoms with Gasteiger partial charge in [-0.2, -0.15) is 0 Å². The first-order chi connectivity index (χ1) is 6.75. The standard InChI is InChI=1S/C12H18N2/c1-9-5-12(10(2)14-7-9)6-11-3-4-13-8-11/h5,7,11,13H,3-4,6,8H2,1-2H3. The van der Waals surface area contributed by atoms with Crippen molar-refractivity contribution in [1.29, 1.82) is 0 Å². The summed E-state index contributed by atoms with van der Waals surface area (Å²) < 4.78 is 0. The molecule has 1 aliphatic heterocycles. The van der Waals surface area contributed by atoms with E-state index in [1.165, 1.54) is 42.8 Å². The largest absolute Gasteiger partial charge is 0.316 e. The lowest BCUT2D eigenvalue weighted by molar-refractivity contribution is 0.577. The SMILES string of the molecule is Cc1cnc(C)c(CC2CCNC2)c1. The van der Waals surface area contributed by atoms with E-state index in [0.717, 1.165) is 5.92 Å². The van der Waals surface area contributed by atoms with Crippen LogP contribution in [0.15, 0.2) is 12.3 Å². The van der Waals surface area contributed by atoms with Gasteiger partial charge in [-0.3, -0.25) is 4.98 Å². The first-order valence-electron chi connectivity index (χ1n) is 5.38. The predicted octanol–water partition coefficient (Wildman–Crippen LogP) is 1.85. The Morgan fingerprint density at radius 2 is 2.36 bits per heavy atom. The van der Waals surface area contributed by atoms with Gasteiger partial charge in [0, 0.05) is 11.9 Å². The van der Waals surface area contributed by atoms with Gasteiger partial charge >= 0.3 is 0 Å². The summed E-state index contributed by atoms with van der Waals surface area (Å²) in [5.41, 5.74) is 3.90. The molecule has 1 atom stereocenters. The fourth-order valence-electron chi connectivity index (χ4n) is 2.10. The van der Waals surface area contributed by atoms with Gasteiger partial charge in [-0.1, -0.05) is 6.07 Å². The van der Waals surface area contributed by atoms with E-state index in [-0.39, 0.29) is 0 Å². The molecular weight excluding hydrogens is 172 g/mol. The van der Waals surface area contributed by atoms with Crippen LogP contribution in [0.25, 0.3) is 0 Å². The van der Waals surface area contributed by atoms with Crippen LogP contribution in [0.2, 0.25) is 0 Å². The third kappa shape index (κ3) is 2.13. The van der Waals surface area contributed by atoms with Crippen molar-refractivity contribution in [2.75, 3.05) is 13.1 Å². The topological polar surface area (TPSA) is 24.9 Å². The molecule has 2 heterocycles. The van der Waals surface area contributed by atoms with Crippen molar-refractivity contribution in [2.24, 2.45) is 5.92 Å². The second-order valence-electron chi connectivity index (χ2n) is 4.32. The van der Waals surface area contributed by atoms with Crippen molar-refractivity contribution < 1.29 is 0 Å². The molecule has 2 nitrogen and oxygen atoms in total. The van der Waals surface area contributed by atoms with Crippen molar-refractivity contribution in [3.8, 4) is 0 Å². The Balaban J connectivity index is 2.10. The third-order valence-electron chi connectivity index (χ3n) is 3.00. The highest BCUT2D eigenvalue weighted by Crippen LogP contribution is 2.17. The number of hydrogen-bond acceptors (Lipinski definition) is 2. The van der Waals surface area contributed by atoms with E-state index >= 15 is 0 Å². The van der Waals surface area contributed by atoms with Crippen LogP contribution in [0.4, 0.5) is 0 Å². The molecule has 0 saturated carbocycles. The van der Waals surface area contributed by atoms with Crippen molar-refractivity contribution in [3.63, 3.8) is 0 Å². The maximum absolute atomic E-state index is 4.40. The van der Waals surface area contributed by atoms with Crippen LogP contribution in [-0.2, 0) is 6.42 Å². The molecule has 0 radical (unpaired) electrons. The molecule has 0 amide bonds. The summed E-state index contributed by atoms with van der Waals surface area (Å²) >= 11 is 0. The number of rotatable bonds is 2. The molecule has 1 saturated heterocycles. The maximum Gasteiger partial charge on any atom is 0.0404 e. The quantitative estimate of drug-likeness (QED) is 0.770. The molecule has 2 rings (SSSR count). The molecular formula is C12H18N2. The smallest absolute Gasteiger partial charge is 0.0404 e. The first-order valence-corrected chi connectivity index (χ1v) is 5.38. The fourth-order valence-corrected chi connectivity index (χ4v) is 2.10. The zero-order chi connectivity index (χ0) is 9.97. The van der Waals surface area contributed by atoms with Gasteiger partial charge in [0.15, 0.2) is 0 Å². The van der Waals surface area contributed by atoms with Gasteiger partial charge in [0.05, 0.1) is 0 Å². The number of aryl methyl sites for hydroxylation is 2. The zero-order valence-corrected chi connectivity index (χ0v) is 9.01. The van der Waals surface area contributed by atoms with Crippen molar-refractivity contribution in [3.05, 3.63) is 29.1 Å². The Kier molecular flexibility index (Phi) is 2.82. The zero-order valence-electron chi connectivity index (χ0n) is 9.01. The molecule has 1 N–H and O–H groups in total. The number of aromatic nitrogens is 1. The Morgan fingerprint density at radius 1 is 1.50 bits per heavy atom. The van der Waals surface area contributed by atoms with Gasteiger partial charge in [-0.05, 0) is 56.8 Å². The Bertz CT molecular complexity index is 314. The third-order valence-corrected chi connectivity index (χ3v) is 3.00. The van der Waals surface area contributed by atoms with E-state index < -0.39 is 0 Å². The summed E-state index contributed by atoms with van der Waals surface area (Å²) in [6, 6.07) is 2.28. The highest BCUT2D eigenvalue weighted by Gasteiger charge is 2.15. The average molecular weight is 190 g/mol. The van der Waals surface area contributed by atoms with Crippen LogP contribution < -0.4 is 5.32 Å². The first kappa shape index (κ1) is 9.66. The molecule has 76 valence electrons. The van der Waals surface area contributed by atoms with Gasteiger partial charge in [-0.15, -0.1) is 0 Å². The van der Waals surface area contributed by atoms with Crippen LogP contribution >= 0.6 is 0 Å². The van der Waals surface area contributed by atoms with Gasteiger partial charge in [0.2, 0.25) is 0 Å². The summed E-state index contributed by atoms with van der Waals surface area (Å²) in [5, 5.41) is 3.41. The molecule has 14 heavy (non-hydrogen) atoms. The Labute approximate surface area is 85.7 Å². The van der Waals surface area contributed by atoms with E-state index in [9.17, 15) is 0 Å². The maximum atomic E-state index is 4.40. The molecule has 1 fully saturated rings. The van der Waals surface area contributed by atoms with E-state index in [1.54, 1.807) is 0 Å². The minimum absolute atomic E-state index is 0.817. The van der Waals surface area contributed by atoms with Crippen LogP contribution in [-0.4, -0.2) is 18.1 Å². The van der Waals surface area contributed by atoms with Crippen molar-refractivity contribution in [1.82, 2.24) is 10.3 Å². The Hall–Kier alpha value is -0.890. The van der Waals surface area contributed by atoms with Gasteiger partial charge in [0.25, 0.3) is 0 Å². The number of nitrogens with zero attached hydrogens (tertiary/aromatic N) is 1. The lowest BCUT2D eigenvalue weighted by Crippen LogP contribution is -2.11. The molecule has 1 aromatic rings. The lowest BCUT2D eigenvalue weighted by atomic mass is 9.97. The van der Waals surface area contributed by atoms with E-state index in [1.807, 2.05) is 6.20 Å². The lowest BCUT2D eigenvalue weighted by Gasteiger charge is -2.10. The molecule has 1 unspecified atom stereocenters. The summed E-state index contributed by atoms with van der Waals surface area (Å²) in [7, 11) is 0. The van der Waals surface area contributed by atoms with Gasteiger partial charge < -0.3 is 5.32 Å². The number of pyridine rings is 1. The van der Waals surface area contributed by atoms with Crippen LogP contribution in [0.3, 0.4) is 0 Å². The summed E-state index contributed by atoms with van der Waals surface area (Å²) in [6.45, 7) is 6.58. The average Bonchev–Trinajstić information content (AvgIpc) is 2.64. The second-order valence-corrected chi connectivity index (χ2v) is 4.32. The summed E-state index contributed by atoms with van der Waals surface area (Å²) in [6.07, 6.45) is 4.45. The summed E-state index contributed by atoms with van der Waals surface area (Å²) in [4.78, 5) is 4.40. The minimum atomic E-state index is 0.817. The molecule has 0 aromatic carbocycles. The minimum Gasteiger partial charge on any atom is -0.316 e. The summed E-state index contributed by atoms with van der Waals surface area (Å²) in [5.74, 6) is 0.817. The molecule has 0 spiro atoms. The van der Waals surface area contributed by atoms with Crippen LogP contribution in [0, 0.1) is 19.8 Å². The highest BCUT2D eigenvalue weighted by molar-refractivity contribution is 5.24. The van der Waals surface area contributed by atoms with Crippen LogP contribution in [0.5, 0.6) is 0 Å². The van der Waals surface area contributed by atoms with E-state index in [4.69, 9.17) is 0 Å². The second kappa shape index (κ2) is 4.09. The Morgan fingerprint density at radius 3 is 3.07 bits per heavy atom. The van der Waals surface area contributed by atoms with Gasteiger partial charge in [0.1, 0.15) is 0 Å². The van der Waals surface area contributed by atoms with E-state index in [2.05, 4.69) is 30.2 Å². The van der Waals surface area contributed by atoms with Crippen molar-refractivity contribution in [2.45, 2.75) is 26.7 Å². The van der Waals surface area contributed by atoms with Crippen LogP contribution in [0.1, 0.15) is 23.2 Å². The number of nitrogens with one attached hydrogen (secondary N) is 1. The molecule has 1 aliphatic rings. The normalized spacial score (nSPS) is 21.4. The van der Waals surface area contributed by atoms with Crippen molar-refractivity contribution >= 4 is 0 Å². The number of hydrogen-bond donors (Lipinski definition) is 1. The fraction of sp³-hybridized carbons (Fsp3) is 0.583. The van der Waals surface area contributed by atoms with Gasteiger partial charge in [-0.25, -0.2) is 0 Å². The molecule has 0 aliphatic carbocycles.